The zero-order chi connectivity index (χ0) is 14.3. The SMILES string of the molecule is NC(c1ccc(Br)c(F)c1)c1csc2c(Br)cccc12. The van der Waals surface area contributed by atoms with Gasteiger partial charge in [0.15, 0.2) is 0 Å². The Hall–Kier alpha value is -0.750. The molecule has 0 saturated heterocycles. The van der Waals surface area contributed by atoms with Gasteiger partial charge in [-0.05, 0) is 72.0 Å². The van der Waals surface area contributed by atoms with Crippen molar-refractivity contribution in [1.29, 1.82) is 0 Å². The molecule has 3 aromatic rings. The topological polar surface area (TPSA) is 26.0 Å². The maximum Gasteiger partial charge on any atom is 0.137 e. The maximum absolute atomic E-state index is 13.7. The quantitative estimate of drug-likeness (QED) is 0.579. The van der Waals surface area contributed by atoms with E-state index in [-0.39, 0.29) is 11.9 Å². The van der Waals surface area contributed by atoms with Crippen LogP contribution in [0.3, 0.4) is 0 Å². The van der Waals surface area contributed by atoms with E-state index in [9.17, 15) is 4.39 Å². The van der Waals surface area contributed by atoms with E-state index >= 15 is 0 Å². The van der Waals surface area contributed by atoms with Gasteiger partial charge in [-0.2, -0.15) is 0 Å². The first-order valence-corrected chi connectivity index (χ1v) is 8.40. The number of hydrogen-bond donors (Lipinski definition) is 1. The Bertz CT molecular complexity index is 785. The fourth-order valence-electron chi connectivity index (χ4n) is 2.17. The van der Waals surface area contributed by atoms with Crippen molar-refractivity contribution in [1.82, 2.24) is 0 Å². The smallest absolute Gasteiger partial charge is 0.137 e. The Labute approximate surface area is 136 Å². The minimum Gasteiger partial charge on any atom is -0.320 e. The van der Waals surface area contributed by atoms with Gasteiger partial charge in [-0.25, -0.2) is 4.39 Å². The summed E-state index contributed by atoms with van der Waals surface area (Å²) in [6.07, 6.45) is 0. The minimum atomic E-state index is -0.333. The van der Waals surface area contributed by atoms with Crippen LogP contribution in [0.1, 0.15) is 17.2 Å². The van der Waals surface area contributed by atoms with Gasteiger partial charge in [-0.3, -0.25) is 0 Å². The molecule has 1 nitrogen and oxygen atoms in total. The standard InChI is InChI=1S/C15H10Br2FNS/c16-11-5-4-8(6-13(11)18)14(19)10-7-20-15-9(10)2-1-3-12(15)17/h1-7,14H,19H2. The van der Waals surface area contributed by atoms with E-state index in [4.69, 9.17) is 5.73 Å². The molecule has 0 saturated carbocycles. The van der Waals surface area contributed by atoms with Crippen LogP contribution < -0.4 is 5.73 Å². The highest BCUT2D eigenvalue weighted by molar-refractivity contribution is 9.11. The average molecular weight is 415 g/mol. The minimum absolute atomic E-state index is 0.293. The van der Waals surface area contributed by atoms with Gasteiger partial charge in [0.05, 0.1) is 10.5 Å². The normalized spacial score (nSPS) is 12.8. The van der Waals surface area contributed by atoms with E-state index in [0.29, 0.717) is 4.47 Å². The number of nitrogens with two attached hydrogens (primary N) is 1. The van der Waals surface area contributed by atoms with E-state index in [1.165, 1.54) is 6.07 Å². The highest BCUT2D eigenvalue weighted by Crippen LogP contribution is 2.36. The molecule has 2 N–H and O–H groups in total. The number of rotatable bonds is 2. The molecular weight excluding hydrogens is 405 g/mol. The molecule has 1 atom stereocenters. The lowest BCUT2D eigenvalue weighted by atomic mass is 9.99. The summed E-state index contributed by atoms with van der Waals surface area (Å²) in [5.74, 6) is -0.293. The predicted octanol–water partition coefficient (Wildman–Crippen LogP) is 5.61. The van der Waals surface area contributed by atoms with Gasteiger partial charge in [0, 0.05) is 9.17 Å². The van der Waals surface area contributed by atoms with Crippen LogP contribution in [0, 0.1) is 5.82 Å². The zero-order valence-electron chi connectivity index (χ0n) is 10.2. The lowest BCUT2D eigenvalue weighted by molar-refractivity contribution is 0.617. The third-order valence-corrected chi connectivity index (χ3v) is 5.83. The van der Waals surface area contributed by atoms with E-state index in [2.05, 4.69) is 31.9 Å². The second kappa shape index (κ2) is 5.56. The first kappa shape index (κ1) is 14.2. The molecule has 1 unspecified atom stereocenters. The molecule has 0 bridgehead atoms. The first-order valence-electron chi connectivity index (χ1n) is 5.94. The Morgan fingerprint density at radius 1 is 1.10 bits per heavy atom. The number of hydrogen-bond acceptors (Lipinski definition) is 2. The summed E-state index contributed by atoms with van der Waals surface area (Å²) in [5, 5.41) is 3.15. The molecule has 0 aliphatic rings. The summed E-state index contributed by atoms with van der Waals surface area (Å²) in [5.41, 5.74) is 8.10. The Morgan fingerprint density at radius 3 is 2.65 bits per heavy atom. The summed E-state index contributed by atoms with van der Waals surface area (Å²) in [7, 11) is 0. The van der Waals surface area contributed by atoms with Crippen molar-refractivity contribution in [3.8, 4) is 0 Å². The Morgan fingerprint density at radius 2 is 1.90 bits per heavy atom. The molecule has 0 radical (unpaired) electrons. The van der Waals surface area contributed by atoms with Crippen molar-refractivity contribution in [3.63, 3.8) is 0 Å². The van der Waals surface area contributed by atoms with Crippen LogP contribution in [0.4, 0.5) is 4.39 Å². The lowest BCUT2D eigenvalue weighted by Crippen LogP contribution is -2.11. The van der Waals surface area contributed by atoms with E-state index in [1.807, 2.05) is 29.6 Å². The van der Waals surface area contributed by atoms with Gasteiger partial charge >= 0.3 is 0 Å². The van der Waals surface area contributed by atoms with Gasteiger partial charge in [-0.1, -0.05) is 18.2 Å². The third kappa shape index (κ3) is 2.44. The van der Waals surface area contributed by atoms with Gasteiger partial charge in [0.1, 0.15) is 5.82 Å². The highest BCUT2D eigenvalue weighted by Gasteiger charge is 2.16. The van der Waals surface area contributed by atoms with Crippen molar-refractivity contribution >= 4 is 53.3 Å². The van der Waals surface area contributed by atoms with E-state index < -0.39 is 0 Å². The van der Waals surface area contributed by atoms with Crippen LogP contribution in [0.2, 0.25) is 0 Å². The molecule has 0 aliphatic heterocycles. The van der Waals surface area contributed by atoms with Crippen LogP contribution >= 0.6 is 43.2 Å². The fraction of sp³-hybridized carbons (Fsp3) is 0.0667. The lowest BCUT2D eigenvalue weighted by Gasteiger charge is -2.12. The number of halogens is 3. The monoisotopic (exact) mass is 413 g/mol. The number of thiophene rings is 1. The Kier molecular flexibility index (Phi) is 3.95. The van der Waals surface area contributed by atoms with Crippen molar-refractivity contribution in [3.05, 3.63) is 67.7 Å². The van der Waals surface area contributed by atoms with Gasteiger partial charge in [-0.15, -0.1) is 11.3 Å². The second-order valence-electron chi connectivity index (χ2n) is 4.46. The van der Waals surface area contributed by atoms with Crippen molar-refractivity contribution in [2.45, 2.75) is 6.04 Å². The number of fused-ring (bicyclic) bond motifs is 1. The highest BCUT2D eigenvalue weighted by atomic mass is 79.9. The summed E-state index contributed by atoms with van der Waals surface area (Å²) in [6.45, 7) is 0. The van der Waals surface area contributed by atoms with Gasteiger partial charge < -0.3 is 5.73 Å². The van der Waals surface area contributed by atoms with E-state index in [0.717, 1.165) is 25.7 Å². The van der Waals surface area contributed by atoms with Crippen molar-refractivity contribution < 1.29 is 4.39 Å². The zero-order valence-corrected chi connectivity index (χ0v) is 14.2. The summed E-state index contributed by atoms with van der Waals surface area (Å²) < 4.78 is 16.3. The molecule has 2 aromatic carbocycles. The first-order chi connectivity index (χ1) is 9.58. The molecule has 1 heterocycles. The van der Waals surface area contributed by atoms with Gasteiger partial charge in [0.25, 0.3) is 0 Å². The molecule has 102 valence electrons. The van der Waals surface area contributed by atoms with Gasteiger partial charge in [0.2, 0.25) is 0 Å². The van der Waals surface area contributed by atoms with Crippen LogP contribution in [-0.2, 0) is 0 Å². The Balaban J connectivity index is 2.10. The van der Waals surface area contributed by atoms with Crippen molar-refractivity contribution in [2.75, 3.05) is 0 Å². The predicted molar refractivity (Wildman–Crippen MR) is 89.7 cm³/mol. The molecular formula is C15H10Br2FNS. The number of benzene rings is 2. The molecule has 20 heavy (non-hydrogen) atoms. The van der Waals surface area contributed by atoms with Crippen LogP contribution in [0.5, 0.6) is 0 Å². The second-order valence-corrected chi connectivity index (χ2v) is 7.05. The molecule has 1 aromatic heterocycles. The molecule has 0 spiro atoms. The maximum atomic E-state index is 13.7. The van der Waals surface area contributed by atoms with Crippen LogP contribution in [0.25, 0.3) is 10.1 Å². The summed E-state index contributed by atoms with van der Waals surface area (Å²) in [4.78, 5) is 0. The molecule has 0 fully saturated rings. The largest absolute Gasteiger partial charge is 0.320 e. The van der Waals surface area contributed by atoms with Crippen molar-refractivity contribution in [2.24, 2.45) is 5.73 Å². The fourth-order valence-corrected chi connectivity index (χ4v) is 4.07. The molecule has 5 heteroatoms. The molecule has 3 rings (SSSR count). The average Bonchev–Trinajstić information content (AvgIpc) is 2.86. The summed E-state index contributed by atoms with van der Waals surface area (Å²) in [6, 6.07) is 10.7. The summed E-state index contributed by atoms with van der Waals surface area (Å²) >= 11 is 8.34. The van der Waals surface area contributed by atoms with E-state index in [1.54, 1.807) is 17.4 Å². The van der Waals surface area contributed by atoms with Crippen LogP contribution in [0.15, 0.2) is 50.7 Å². The molecule has 0 aliphatic carbocycles. The molecule has 0 amide bonds. The third-order valence-electron chi connectivity index (χ3n) is 3.22. The van der Waals surface area contributed by atoms with Crippen LogP contribution in [-0.4, -0.2) is 0 Å².